The number of para-hydroxylation sites is 3. The van der Waals surface area contributed by atoms with Crippen LogP contribution in [0, 0.1) is 27.7 Å². The highest BCUT2D eigenvalue weighted by Gasteiger charge is 2.54. The van der Waals surface area contributed by atoms with E-state index >= 15 is 0 Å². The lowest BCUT2D eigenvalue weighted by molar-refractivity contribution is 0.668. The van der Waals surface area contributed by atoms with Gasteiger partial charge in [0.05, 0.1) is 16.8 Å². The van der Waals surface area contributed by atoms with Crippen LogP contribution in [0.5, 0.6) is 0 Å². The number of hydrogen-bond donors (Lipinski definition) is 0. The summed E-state index contributed by atoms with van der Waals surface area (Å²) in [6, 6.07) is 94.5. The van der Waals surface area contributed by atoms with Gasteiger partial charge in [-0.15, -0.1) is 0 Å². The molecule has 370 valence electrons. The van der Waals surface area contributed by atoms with Crippen LogP contribution in [0.2, 0.25) is 0 Å². The Hall–Kier alpha value is -9.70. The minimum Gasteiger partial charge on any atom is -0.454 e. The number of rotatable bonds is 8. The Balaban J connectivity index is 1.11. The topological polar surface area (TPSA) is 19.6 Å². The Morgan fingerprint density at radius 1 is 0.308 bits per heavy atom. The lowest BCUT2D eigenvalue weighted by Gasteiger charge is -2.34. The molecule has 0 saturated carbocycles. The fraction of sp³-hybridized carbons (Fsp3) is 0.0667. The number of fused-ring (bicyclic) bond motifs is 16. The normalized spacial score (nSPS) is 12.7. The molecule has 0 bridgehead atoms. The Morgan fingerprint density at radius 3 is 1.33 bits per heavy atom. The fourth-order valence-electron chi connectivity index (χ4n) is 13.5. The molecule has 78 heavy (non-hydrogen) atoms. The highest BCUT2D eigenvalue weighted by Crippen LogP contribution is 2.67. The van der Waals surface area contributed by atoms with E-state index in [1.165, 1.54) is 94.2 Å². The maximum absolute atomic E-state index is 7.43. The number of anilines is 6. The van der Waals surface area contributed by atoms with Gasteiger partial charge in [0.25, 0.3) is 0 Å². The molecule has 15 rings (SSSR count). The number of aryl methyl sites for hydroxylation is 4. The van der Waals surface area contributed by atoms with Crippen LogP contribution in [0.4, 0.5) is 34.1 Å². The van der Waals surface area contributed by atoms with E-state index in [0.29, 0.717) is 0 Å². The molecule has 0 N–H and O–H groups in total. The van der Waals surface area contributed by atoms with Gasteiger partial charge in [-0.05, 0) is 177 Å². The second-order valence-electron chi connectivity index (χ2n) is 21.3. The molecule has 1 heterocycles. The van der Waals surface area contributed by atoms with Crippen molar-refractivity contribution in [2.75, 3.05) is 9.80 Å². The highest BCUT2D eigenvalue weighted by molar-refractivity contribution is 6.24. The summed E-state index contributed by atoms with van der Waals surface area (Å²) in [6.45, 7) is 8.90. The van der Waals surface area contributed by atoms with Gasteiger partial charge in [0.1, 0.15) is 5.58 Å². The molecule has 0 radical (unpaired) electrons. The van der Waals surface area contributed by atoms with Gasteiger partial charge in [0, 0.05) is 38.9 Å². The molecule has 2 aliphatic rings. The standard InChI is InChI=1S/C75H54N2O/c1-47-39-41-53(43-60(47)51-25-7-5-8-26-51)76(66-36-20-11-23-49(66)3)68-45-64-71(58-32-14-13-31-57(58)68)73-65(75(64)62-34-18-15-29-55(62)56-30-16-19-35-63(56)75)46-69(74-72(73)59-33-17-22-38-70(59)78-74)77(67-37-21-12-24-50(67)4)54-42-40-48(2)61(44-54)52-27-9-6-10-28-52/h5-46H,1-4H3. The molecule has 1 aromatic heterocycles. The molecule has 13 aromatic rings. The molecule has 3 nitrogen and oxygen atoms in total. The fourth-order valence-corrected chi connectivity index (χ4v) is 13.5. The Kier molecular flexibility index (Phi) is 10.4. The zero-order valence-corrected chi connectivity index (χ0v) is 44.1. The van der Waals surface area contributed by atoms with Gasteiger partial charge in [-0.3, -0.25) is 0 Å². The molecule has 2 aliphatic carbocycles. The lowest BCUT2D eigenvalue weighted by Crippen LogP contribution is -2.27. The van der Waals surface area contributed by atoms with Crippen molar-refractivity contribution in [1.82, 2.24) is 0 Å². The van der Waals surface area contributed by atoms with Gasteiger partial charge in [0.15, 0.2) is 5.58 Å². The van der Waals surface area contributed by atoms with Crippen LogP contribution in [0.1, 0.15) is 44.5 Å². The van der Waals surface area contributed by atoms with E-state index in [-0.39, 0.29) is 0 Å². The van der Waals surface area contributed by atoms with E-state index in [0.717, 1.165) is 61.6 Å². The zero-order chi connectivity index (χ0) is 52.2. The average molecular weight is 999 g/mol. The second-order valence-corrected chi connectivity index (χ2v) is 21.3. The highest BCUT2D eigenvalue weighted by atomic mass is 16.3. The maximum atomic E-state index is 7.43. The van der Waals surface area contributed by atoms with Crippen molar-refractivity contribution < 1.29 is 4.42 Å². The quantitative estimate of drug-likeness (QED) is 0.151. The molecule has 1 spiro atoms. The second kappa shape index (κ2) is 17.7. The van der Waals surface area contributed by atoms with Gasteiger partial charge in [0.2, 0.25) is 0 Å². The lowest BCUT2D eigenvalue weighted by atomic mass is 9.70. The summed E-state index contributed by atoms with van der Waals surface area (Å²) >= 11 is 0. The van der Waals surface area contributed by atoms with Crippen LogP contribution in [0.15, 0.2) is 259 Å². The summed E-state index contributed by atoms with van der Waals surface area (Å²) in [5.41, 5.74) is 27.1. The summed E-state index contributed by atoms with van der Waals surface area (Å²) in [4.78, 5) is 5.00. The van der Waals surface area contributed by atoms with Gasteiger partial charge >= 0.3 is 0 Å². The van der Waals surface area contributed by atoms with Gasteiger partial charge in [-0.2, -0.15) is 0 Å². The van der Waals surface area contributed by atoms with Gasteiger partial charge in [-0.25, -0.2) is 0 Å². The molecule has 0 atom stereocenters. The van der Waals surface area contributed by atoms with E-state index in [1.807, 2.05) is 0 Å². The van der Waals surface area contributed by atoms with Crippen molar-refractivity contribution in [3.05, 3.63) is 299 Å². The van der Waals surface area contributed by atoms with Crippen molar-refractivity contribution >= 4 is 66.8 Å². The molecule has 0 saturated heterocycles. The van der Waals surface area contributed by atoms with Crippen LogP contribution < -0.4 is 9.80 Å². The van der Waals surface area contributed by atoms with Crippen LogP contribution in [0.3, 0.4) is 0 Å². The van der Waals surface area contributed by atoms with Crippen molar-refractivity contribution in [2.45, 2.75) is 33.1 Å². The maximum Gasteiger partial charge on any atom is 0.160 e. The Bertz CT molecular complexity index is 4520. The molecule has 3 heteroatoms. The summed E-state index contributed by atoms with van der Waals surface area (Å²) in [5.74, 6) is 0. The average Bonchev–Trinajstić information content (AvgIpc) is 2.38. The van der Waals surface area contributed by atoms with E-state index in [2.05, 4.69) is 292 Å². The number of furan rings is 1. The first-order valence-corrected chi connectivity index (χ1v) is 27.2. The molecule has 0 unspecified atom stereocenters. The monoisotopic (exact) mass is 998 g/mol. The largest absolute Gasteiger partial charge is 0.454 e. The third kappa shape index (κ3) is 6.64. The first-order chi connectivity index (χ1) is 38.4. The predicted octanol–water partition coefficient (Wildman–Crippen LogP) is 20.6. The number of nitrogens with zero attached hydrogens (tertiary/aromatic N) is 2. The Labute approximate surface area is 455 Å². The van der Waals surface area contributed by atoms with Crippen molar-refractivity contribution in [3.63, 3.8) is 0 Å². The first-order valence-electron chi connectivity index (χ1n) is 27.2. The number of hydrogen-bond acceptors (Lipinski definition) is 3. The van der Waals surface area contributed by atoms with Crippen LogP contribution in [-0.2, 0) is 5.41 Å². The predicted molar refractivity (Wildman–Crippen MR) is 327 cm³/mol. The van der Waals surface area contributed by atoms with Gasteiger partial charge < -0.3 is 14.2 Å². The van der Waals surface area contributed by atoms with E-state index in [1.54, 1.807) is 0 Å². The minimum atomic E-state index is -0.752. The molecule has 0 fully saturated rings. The summed E-state index contributed by atoms with van der Waals surface area (Å²) in [6.07, 6.45) is 0. The minimum absolute atomic E-state index is 0.752. The van der Waals surface area contributed by atoms with E-state index < -0.39 is 5.41 Å². The summed E-state index contributed by atoms with van der Waals surface area (Å²) in [5, 5.41) is 4.57. The van der Waals surface area contributed by atoms with Crippen molar-refractivity contribution in [1.29, 1.82) is 0 Å². The molecule has 0 aliphatic heterocycles. The van der Waals surface area contributed by atoms with E-state index in [4.69, 9.17) is 4.42 Å². The SMILES string of the molecule is Cc1ccc(N(c2ccccc2C)c2cc3c(c4ccccc24)-c2c(cc(N(c4ccc(C)c(-c5ccccc5)c4)c4ccccc4C)c4oc5ccccc5c24)C32c3ccccc3-c3ccccc32)cc1-c1ccccc1. The molecule has 12 aromatic carbocycles. The summed E-state index contributed by atoms with van der Waals surface area (Å²) in [7, 11) is 0. The molecule has 0 amide bonds. The van der Waals surface area contributed by atoms with Crippen LogP contribution >= 0.6 is 0 Å². The number of benzene rings is 12. The zero-order valence-electron chi connectivity index (χ0n) is 44.1. The van der Waals surface area contributed by atoms with Crippen molar-refractivity contribution in [2.24, 2.45) is 0 Å². The Morgan fingerprint density at radius 2 is 0.756 bits per heavy atom. The smallest absolute Gasteiger partial charge is 0.160 e. The first kappa shape index (κ1) is 45.7. The molecular formula is C75H54N2O. The van der Waals surface area contributed by atoms with Gasteiger partial charge in [-0.1, -0.05) is 200 Å². The summed E-state index contributed by atoms with van der Waals surface area (Å²) < 4.78 is 7.43. The molecular weight excluding hydrogens is 945 g/mol. The van der Waals surface area contributed by atoms with Crippen LogP contribution in [0.25, 0.3) is 77.2 Å². The third-order valence-corrected chi connectivity index (χ3v) is 17.0. The van der Waals surface area contributed by atoms with E-state index in [9.17, 15) is 0 Å². The van der Waals surface area contributed by atoms with Crippen molar-refractivity contribution in [3.8, 4) is 44.5 Å². The van der Waals surface area contributed by atoms with Crippen LogP contribution in [-0.4, -0.2) is 0 Å². The third-order valence-electron chi connectivity index (χ3n) is 17.0.